The number of ether oxygens (including phenoxy) is 1. The van der Waals surface area contributed by atoms with Crippen LogP contribution in [0.3, 0.4) is 0 Å². The number of methoxy groups -OCH3 is 1. The van der Waals surface area contributed by atoms with E-state index in [9.17, 15) is 8.42 Å². The minimum Gasteiger partial charge on any atom is -0.497 e. The first-order chi connectivity index (χ1) is 11.9. The van der Waals surface area contributed by atoms with Crippen LogP contribution in [-0.2, 0) is 15.8 Å². The monoisotopic (exact) mass is 395 g/mol. The van der Waals surface area contributed by atoms with Crippen molar-refractivity contribution in [3.05, 3.63) is 59.1 Å². The van der Waals surface area contributed by atoms with E-state index >= 15 is 0 Å². The quantitative estimate of drug-likeness (QED) is 0.686. The van der Waals surface area contributed by atoms with Crippen LogP contribution in [0.5, 0.6) is 5.75 Å². The molecule has 1 aromatic heterocycles. The van der Waals surface area contributed by atoms with Crippen molar-refractivity contribution in [1.29, 1.82) is 0 Å². The molecule has 1 heterocycles. The third-order valence-electron chi connectivity index (χ3n) is 3.25. The van der Waals surface area contributed by atoms with Crippen LogP contribution in [0, 0.1) is 0 Å². The van der Waals surface area contributed by atoms with Gasteiger partial charge in [0.05, 0.1) is 12.9 Å². The lowest BCUT2D eigenvalue weighted by Gasteiger charge is -2.05. The first-order valence-electron chi connectivity index (χ1n) is 7.18. The normalized spacial score (nSPS) is 11.3. The Morgan fingerprint density at radius 2 is 1.92 bits per heavy atom. The second-order valence-electron chi connectivity index (χ2n) is 5.13. The Labute approximate surface area is 154 Å². The molecule has 2 aromatic carbocycles. The van der Waals surface area contributed by atoms with Crippen molar-refractivity contribution in [3.63, 3.8) is 0 Å². The number of nitrogens with zero attached hydrogens (tertiary/aromatic N) is 2. The Balaban J connectivity index is 1.73. The van der Waals surface area contributed by atoms with Gasteiger partial charge in [0.1, 0.15) is 10.8 Å². The van der Waals surface area contributed by atoms with Gasteiger partial charge in [-0.25, -0.2) is 8.42 Å². The number of anilines is 1. The lowest BCUT2D eigenvalue weighted by Crippen LogP contribution is -2.14. The summed E-state index contributed by atoms with van der Waals surface area (Å²) in [7, 11) is -2.01. The van der Waals surface area contributed by atoms with E-state index in [1.807, 2.05) is 12.1 Å². The minimum absolute atomic E-state index is 0.189. The van der Waals surface area contributed by atoms with Gasteiger partial charge in [-0.2, -0.15) is 0 Å². The van der Waals surface area contributed by atoms with Crippen molar-refractivity contribution in [2.75, 3.05) is 11.8 Å². The summed E-state index contributed by atoms with van der Waals surface area (Å²) in [5.74, 6) is 0.543. The van der Waals surface area contributed by atoms with E-state index in [2.05, 4.69) is 14.9 Å². The number of aromatic nitrogens is 2. The summed E-state index contributed by atoms with van der Waals surface area (Å²) in [4.78, 5) is 0. The Morgan fingerprint density at radius 1 is 1.16 bits per heavy atom. The maximum atomic E-state index is 12.3. The molecule has 0 atom stereocenters. The van der Waals surface area contributed by atoms with Crippen molar-refractivity contribution in [2.45, 2.75) is 5.75 Å². The van der Waals surface area contributed by atoms with Crippen LogP contribution in [-0.4, -0.2) is 25.7 Å². The fourth-order valence-corrected chi connectivity index (χ4v) is 4.49. The van der Waals surface area contributed by atoms with E-state index in [1.54, 1.807) is 43.5 Å². The number of rotatable bonds is 6. The Kier molecular flexibility index (Phi) is 5.22. The van der Waals surface area contributed by atoms with Gasteiger partial charge in [0.25, 0.3) is 0 Å². The Morgan fingerprint density at radius 3 is 2.60 bits per heavy atom. The number of benzene rings is 2. The highest BCUT2D eigenvalue weighted by atomic mass is 35.5. The van der Waals surface area contributed by atoms with Gasteiger partial charge in [-0.3, -0.25) is 4.72 Å². The predicted molar refractivity (Wildman–Crippen MR) is 99.6 cm³/mol. The first-order valence-corrected chi connectivity index (χ1v) is 10.0. The van der Waals surface area contributed by atoms with Crippen LogP contribution in [0.4, 0.5) is 5.13 Å². The van der Waals surface area contributed by atoms with Crippen LogP contribution >= 0.6 is 22.9 Å². The lowest BCUT2D eigenvalue weighted by molar-refractivity contribution is 0.415. The molecule has 0 fully saturated rings. The van der Waals surface area contributed by atoms with Crippen LogP contribution in [0.15, 0.2) is 48.5 Å². The first kappa shape index (κ1) is 17.7. The number of hydrogen-bond acceptors (Lipinski definition) is 6. The number of nitrogens with one attached hydrogen (secondary N) is 1. The molecule has 0 bridgehead atoms. The fraction of sp³-hybridized carbons (Fsp3) is 0.125. The molecular formula is C16H14ClN3O3S2. The molecule has 25 heavy (non-hydrogen) atoms. The maximum Gasteiger partial charge on any atom is 0.238 e. The van der Waals surface area contributed by atoms with Crippen LogP contribution in [0.1, 0.15) is 5.56 Å². The standard InChI is InChI=1S/C16H14ClN3O3S2/c1-23-14-7-5-12(6-8-14)15-18-19-16(24-15)20-25(21,22)10-11-3-2-4-13(17)9-11/h2-9H,10H2,1H3,(H,19,20). The average Bonchev–Trinajstić information content (AvgIpc) is 3.02. The predicted octanol–water partition coefficient (Wildman–Crippen LogP) is 3.81. The van der Waals surface area contributed by atoms with Gasteiger partial charge >= 0.3 is 0 Å². The smallest absolute Gasteiger partial charge is 0.238 e. The van der Waals surface area contributed by atoms with Gasteiger partial charge in [0.15, 0.2) is 0 Å². The molecule has 0 saturated carbocycles. The molecule has 3 rings (SSSR count). The van der Waals surface area contributed by atoms with Crippen molar-refractivity contribution in [1.82, 2.24) is 10.2 Å². The highest BCUT2D eigenvalue weighted by Gasteiger charge is 2.16. The average molecular weight is 396 g/mol. The van der Waals surface area contributed by atoms with Gasteiger partial charge in [-0.15, -0.1) is 10.2 Å². The van der Waals surface area contributed by atoms with Gasteiger partial charge in [0, 0.05) is 10.6 Å². The lowest BCUT2D eigenvalue weighted by atomic mass is 10.2. The Hall–Kier alpha value is -2.16. The summed E-state index contributed by atoms with van der Waals surface area (Å²) in [5.41, 5.74) is 1.43. The summed E-state index contributed by atoms with van der Waals surface area (Å²) in [5, 5.41) is 9.25. The minimum atomic E-state index is -3.60. The maximum absolute atomic E-state index is 12.3. The fourth-order valence-electron chi connectivity index (χ4n) is 2.13. The van der Waals surface area contributed by atoms with E-state index in [1.165, 1.54) is 0 Å². The molecule has 0 spiro atoms. The summed E-state index contributed by atoms with van der Waals surface area (Å²) >= 11 is 7.04. The van der Waals surface area contributed by atoms with Crippen LogP contribution < -0.4 is 9.46 Å². The van der Waals surface area contributed by atoms with Gasteiger partial charge < -0.3 is 4.74 Å². The van der Waals surface area contributed by atoms with Gasteiger partial charge in [0.2, 0.25) is 15.2 Å². The second-order valence-corrected chi connectivity index (χ2v) is 8.27. The summed E-state index contributed by atoms with van der Waals surface area (Å²) in [6.07, 6.45) is 0. The van der Waals surface area contributed by atoms with Crippen LogP contribution in [0.2, 0.25) is 5.02 Å². The zero-order valence-electron chi connectivity index (χ0n) is 13.1. The summed E-state index contributed by atoms with van der Waals surface area (Å²) in [6.45, 7) is 0. The zero-order chi connectivity index (χ0) is 17.9. The zero-order valence-corrected chi connectivity index (χ0v) is 15.5. The SMILES string of the molecule is COc1ccc(-c2nnc(NS(=O)(=O)Cc3cccc(Cl)c3)s2)cc1. The molecule has 0 aliphatic rings. The molecule has 0 amide bonds. The number of halogens is 1. The van der Waals surface area contributed by atoms with Crippen molar-refractivity contribution < 1.29 is 13.2 Å². The van der Waals surface area contributed by atoms with Gasteiger partial charge in [-0.1, -0.05) is 35.1 Å². The molecule has 6 nitrogen and oxygen atoms in total. The van der Waals surface area contributed by atoms with E-state index in [0.717, 1.165) is 22.6 Å². The highest BCUT2D eigenvalue weighted by Crippen LogP contribution is 2.28. The molecule has 0 aliphatic carbocycles. The molecule has 0 aliphatic heterocycles. The molecule has 130 valence electrons. The number of hydrogen-bond donors (Lipinski definition) is 1. The van der Waals surface area contributed by atoms with Crippen molar-refractivity contribution in [3.8, 4) is 16.3 Å². The van der Waals surface area contributed by atoms with Crippen molar-refractivity contribution in [2.24, 2.45) is 0 Å². The summed E-state index contributed by atoms with van der Waals surface area (Å²) in [6, 6.07) is 14.0. The van der Waals surface area contributed by atoms with E-state index in [4.69, 9.17) is 16.3 Å². The topological polar surface area (TPSA) is 81.2 Å². The molecular weight excluding hydrogens is 382 g/mol. The third-order valence-corrected chi connectivity index (χ3v) is 5.72. The molecule has 1 N–H and O–H groups in total. The molecule has 0 saturated heterocycles. The summed E-state index contributed by atoms with van der Waals surface area (Å²) < 4.78 is 32.1. The Bertz CT molecular complexity index is 972. The number of sulfonamides is 1. The van der Waals surface area contributed by atoms with E-state index in [0.29, 0.717) is 15.6 Å². The van der Waals surface area contributed by atoms with Gasteiger partial charge in [-0.05, 0) is 42.0 Å². The van der Waals surface area contributed by atoms with Crippen molar-refractivity contribution >= 4 is 38.1 Å². The third kappa shape index (κ3) is 4.68. The van der Waals surface area contributed by atoms with E-state index < -0.39 is 10.0 Å². The largest absolute Gasteiger partial charge is 0.497 e. The molecule has 0 unspecified atom stereocenters. The second kappa shape index (κ2) is 7.38. The molecule has 3 aromatic rings. The molecule has 9 heteroatoms. The van der Waals surface area contributed by atoms with Crippen LogP contribution in [0.25, 0.3) is 10.6 Å². The highest BCUT2D eigenvalue weighted by molar-refractivity contribution is 7.92. The van der Waals surface area contributed by atoms with E-state index in [-0.39, 0.29) is 10.9 Å². The molecule has 0 radical (unpaired) electrons.